The Morgan fingerprint density at radius 1 is 1.11 bits per heavy atom. The first-order valence-electron chi connectivity index (χ1n) is 5.97. The van der Waals surface area contributed by atoms with Crippen molar-refractivity contribution in [3.05, 3.63) is 58.1 Å². The van der Waals surface area contributed by atoms with Gasteiger partial charge in [-0.3, -0.25) is 4.21 Å². The number of rotatable bonds is 3. The van der Waals surface area contributed by atoms with E-state index >= 15 is 0 Å². The molecule has 0 aromatic heterocycles. The van der Waals surface area contributed by atoms with Crippen LogP contribution >= 0.6 is 11.6 Å². The van der Waals surface area contributed by atoms with Crippen molar-refractivity contribution in [2.45, 2.75) is 24.5 Å². The molecule has 2 nitrogen and oxygen atoms in total. The van der Waals surface area contributed by atoms with Crippen LogP contribution in [0.3, 0.4) is 0 Å². The Bertz CT molecular complexity index is 640. The third kappa shape index (κ3) is 3.37. The number of aryl methyl sites for hydroxylation is 2. The molecule has 0 radical (unpaired) electrons. The minimum atomic E-state index is -1.16. The van der Waals surface area contributed by atoms with Gasteiger partial charge in [-0.1, -0.05) is 29.8 Å². The summed E-state index contributed by atoms with van der Waals surface area (Å²) in [6.45, 7) is 4.12. The van der Waals surface area contributed by atoms with Crippen molar-refractivity contribution in [3.8, 4) is 0 Å². The average molecular weight is 294 g/mol. The van der Waals surface area contributed by atoms with Gasteiger partial charge in [0.05, 0.1) is 26.5 Å². The molecule has 0 aliphatic heterocycles. The molecule has 4 heteroatoms. The monoisotopic (exact) mass is 293 g/mol. The molecular formula is C15H16ClNOS. The molecule has 0 heterocycles. The maximum atomic E-state index is 12.3. The van der Waals surface area contributed by atoms with E-state index in [0.29, 0.717) is 21.4 Å². The van der Waals surface area contributed by atoms with Gasteiger partial charge in [-0.05, 0) is 48.7 Å². The van der Waals surface area contributed by atoms with Crippen LogP contribution in [0.25, 0.3) is 0 Å². The fourth-order valence-electron chi connectivity index (χ4n) is 1.82. The first kappa shape index (κ1) is 14.1. The van der Waals surface area contributed by atoms with Crippen molar-refractivity contribution in [2.24, 2.45) is 0 Å². The van der Waals surface area contributed by atoms with E-state index in [4.69, 9.17) is 17.3 Å². The number of nitrogen functional groups attached to an aromatic ring is 1. The van der Waals surface area contributed by atoms with E-state index in [-0.39, 0.29) is 0 Å². The van der Waals surface area contributed by atoms with Crippen LogP contribution in [0, 0.1) is 13.8 Å². The second-order valence-corrected chi connectivity index (χ2v) is 6.43. The highest BCUT2D eigenvalue weighted by Gasteiger charge is 2.10. The lowest BCUT2D eigenvalue weighted by atomic mass is 10.1. The molecule has 0 fully saturated rings. The molecule has 2 aromatic carbocycles. The number of anilines is 1. The summed E-state index contributed by atoms with van der Waals surface area (Å²) >= 11 is 6.07. The Hall–Kier alpha value is -1.32. The number of hydrogen-bond acceptors (Lipinski definition) is 2. The summed E-state index contributed by atoms with van der Waals surface area (Å²) in [7, 11) is -1.16. The first-order valence-corrected chi connectivity index (χ1v) is 7.66. The summed E-state index contributed by atoms with van der Waals surface area (Å²) < 4.78 is 12.3. The van der Waals surface area contributed by atoms with Gasteiger partial charge in [-0.25, -0.2) is 0 Å². The molecule has 1 atom stereocenters. The summed E-state index contributed by atoms with van der Waals surface area (Å²) in [5.41, 5.74) is 9.71. The molecule has 19 heavy (non-hydrogen) atoms. The lowest BCUT2D eigenvalue weighted by Crippen LogP contribution is -1.99. The highest BCUT2D eigenvalue weighted by molar-refractivity contribution is 7.84. The normalized spacial score (nSPS) is 12.4. The molecule has 0 amide bonds. The Kier molecular flexibility index (Phi) is 4.27. The fourth-order valence-corrected chi connectivity index (χ4v) is 3.41. The summed E-state index contributed by atoms with van der Waals surface area (Å²) in [4.78, 5) is 0.633. The molecule has 0 saturated heterocycles. The molecule has 0 aliphatic carbocycles. The zero-order chi connectivity index (χ0) is 14.0. The van der Waals surface area contributed by atoms with Gasteiger partial charge in [-0.2, -0.15) is 0 Å². The molecule has 2 rings (SSSR count). The SMILES string of the molecule is Cc1ccc(CS(=O)c2ccc(N)cc2Cl)cc1C. The number of nitrogens with two attached hydrogens (primary N) is 1. The van der Waals surface area contributed by atoms with Crippen LogP contribution in [-0.4, -0.2) is 4.21 Å². The average Bonchev–Trinajstić information content (AvgIpc) is 2.33. The molecule has 2 N–H and O–H groups in total. The smallest absolute Gasteiger partial charge is 0.0589 e. The minimum Gasteiger partial charge on any atom is -0.399 e. The maximum Gasteiger partial charge on any atom is 0.0589 e. The Balaban J connectivity index is 2.23. The molecule has 1 unspecified atom stereocenters. The summed E-state index contributed by atoms with van der Waals surface area (Å²) in [5, 5.41) is 0.460. The third-order valence-electron chi connectivity index (χ3n) is 3.07. The van der Waals surface area contributed by atoms with Gasteiger partial charge in [0.1, 0.15) is 0 Å². The van der Waals surface area contributed by atoms with Gasteiger partial charge in [0.25, 0.3) is 0 Å². The number of benzene rings is 2. The van der Waals surface area contributed by atoms with Gasteiger partial charge < -0.3 is 5.73 Å². The molecule has 2 aromatic rings. The van der Waals surface area contributed by atoms with E-state index < -0.39 is 10.8 Å². The van der Waals surface area contributed by atoms with Crippen LogP contribution in [0.5, 0.6) is 0 Å². The molecule has 0 spiro atoms. The molecule has 100 valence electrons. The van der Waals surface area contributed by atoms with E-state index in [1.165, 1.54) is 11.1 Å². The largest absolute Gasteiger partial charge is 0.399 e. The van der Waals surface area contributed by atoms with Crippen LogP contribution in [0.1, 0.15) is 16.7 Å². The van der Waals surface area contributed by atoms with Crippen molar-refractivity contribution in [1.82, 2.24) is 0 Å². The van der Waals surface area contributed by atoms with Crippen molar-refractivity contribution >= 4 is 28.1 Å². The summed E-state index contributed by atoms with van der Waals surface area (Å²) in [6.07, 6.45) is 0. The maximum absolute atomic E-state index is 12.3. The van der Waals surface area contributed by atoms with Gasteiger partial charge in [0.2, 0.25) is 0 Å². The van der Waals surface area contributed by atoms with Crippen molar-refractivity contribution in [1.29, 1.82) is 0 Å². The Morgan fingerprint density at radius 3 is 2.47 bits per heavy atom. The van der Waals surface area contributed by atoms with Gasteiger partial charge in [-0.15, -0.1) is 0 Å². The zero-order valence-electron chi connectivity index (χ0n) is 10.9. The number of halogens is 1. The van der Waals surface area contributed by atoms with E-state index in [9.17, 15) is 4.21 Å². The second-order valence-electron chi connectivity index (χ2n) is 4.60. The van der Waals surface area contributed by atoms with Crippen LogP contribution < -0.4 is 5.73 Å². The van der Waals surface area contributed by atoms with Crippen LogP contribution in [0.15, 0.2) is 41.3 Å². The Labute approximate surface area is 121 Å². The summed E-state index contributed by atoms with van der Waals surface area (Å²) in [5.74, 6) is 0.463. The van der Waals surface area contributed by atoms with Crippen LogP contribution in [0.2, 0.25) is 5.02 Å². The van der Waals surface area contributed by atoms with E-state index in [0.717, 1.165) is 5.56 Å². The lowest BCUT2D eigenvalue weighted by molar-refractivity contribution is 0.682. The summed E-state index contributed by atoms with van der Waals surface area (Å²) in [6, 6.07) is 11.2. The third-order valence-corrected chi connectivity index (χ3v) is 4.94. The quantitative estimate of drug-likeness (QED) is 0.874. The van der Waals surface area contributed by atoms with Crippen LogP contribution in [-0.2, 0) is 16.6 Å². The predicted molar refractivity (Wildman–Crippen MR) is 81.9 cm³/mol. The zero-order valence-corrected chi connectivity index (χ0v) is 12.5. The molecule has 0 saturated carbocycles. The highest BCUT2D eigenvalue weighted by atomic mass is 35.5. The van der Waals surface area contributed by atoms with Gasteiger partial charge >= 0.3 is 0 Å². The van der Waals surface area contributed by atoms with Gasteiger partial charge in [0.15, 0.2) is 0 Å². The highest BCUT2D eigenvalue weighted by Crippen LogP contribution is 2.24. The molecular weight excluding hydrogens is 278 g/mol. The topological polar surface area (TPSA) is 43.1 Å². The van der Waals surface area contributed by atoms with E-state index in [2.05, 4.69) is 19.9 Å². The van der Waals surface area contributed by atoms with Crippen molar-refractivity contribution in [2.75, 3.05) is 5.73 Å². The fraction of sp³-hybridized carbons (Fsp3) is 0.200. The lowest BCUT2D eigenvalue weighted by Gasteiger charge is -2.07. The first-order chi connectivity index (χ1) is 8.97. The molecule has 0 bridgehead atoms. The predicted octanol–water partition coefficient (Wildman–Crippen LogP) is 3.85. The molecule has 0 aliphatic rings. The van der Waals surface area contributed by atoms with Gasteiger partial charge in [0, 0.05) is 5.69 Å². The van der Waals surface area contributed by atoms with Crippen molar-refractivity contribution in [3.63, 3.8) is 0 Å². The van der Waals surface area contributed by atoms with E-state index in [1.54, 1.807) is 18.2 Å². The van der Waals surface area contributed by atoms with Crippen LogP contribution in [0.4, 0.5) is 5.69 Å². The number of hydrogen-bond donors (Lipinski definition) is 1. The minimum absolute atomic E-state index is 0.460. The van der Waals surface area contributed by atoms with E-state index in [1.807, 2.05) is 12.1 Å². The second kappa shape index (κ2) is 5.76. The Morgan fingerprint density at radius 2 is 1.84 bits per heavy atom. The van der Waals surface area contributed by atoms with Crippen molar-refractivity contribution < 1.29 is 4.21 Å². The standard InChI is InChI=1S/C15H16ClNOS/c1-10-3-4-12(7-11(10)2)9-19(18)15-6-5-13(17)8-14(15)16/h3-8H,9,17H2,1-2H3.